The predicted molar refractivity (Wildman–Crippen MR) is 73.8 cm³/mol. The van der Waals surface area contributed by atoms with Gasteiger partial charge >= 0.3 is 0 Å². The Balaban J connectivity index is 2.80. The highest BCUT2D eigenvalue weighted by atomic mass is 79.9. The first-order valence-electron chi connectivity index (χ1n) is 6.07. The Bertz CT molecular complexity index is 393. The number of ketones is 1. The summed E-state index contributed by atoms with van der Waals surface area (Å²) in [6.07, 6.45) is 1.66. The van der Waals surface area contributed by atoms with E-state index in [0.717, 1.165) is 11.0 Å². The zero-order chi connectivity index (χ0) is 13.5. The minimum Gasteiger partial charge on any atom is -0.383 e. The molecule has 1 unspecified atom stereocenters. The topological polar surface area (TPSA) is 56.2 Å². The molecule has 0 bridgehead atoms. The highest BCUT2D eigenvalue weighted by Gasteiger charge is 2.22. The molecule has 0 saturated heterocycles. The molecule has 0 aliphatic heterocycles. The number of aromatic nitrogens is 2. The van der Waals surface area contributed by atoms with Crippen LogP contribution in [0.3, 0.4) is 0 Å². The van der Waals surface area contributed by atoms with Crippen LogP contribution in [0.2, 0.25) is 0 Å². The Morgan fingerprint density at radius 3 is 3.00 bits per heavy atom. The average molecular weight is 318 g/mol. The second-order valence-electron chi connectivity index (χ2n) is 4.13. The van der Waals surface area contributed by atoms with Crippen LogP contribution in [0.25, 0.3) is 0 Å². The summed E-state index contributed by atoms with van der Waals surface area (Å²) in [5.41, 5.74) is 0.623. The molecule has 1 aromatic rings. The van der Waals surface area contributed by atoms with E-state index in [4.69, 9.17) is 4.74 Å². The summed E-state index contributed by atoms with van der Waals surface area (Å²) in [6.45, 7) is 6.60. The Morgan fingerprint density at radius 1 is 1.67 bits per heavy atom. The molecule has 0 aliphatic carbocycles. The van der Waals surface area contributed by atoms with Crippen molar-refractivity contribution < 1.29 is 9.53 Å². The second-order valence-corrected chi connectivity index (χ2v) is 4.98. The molecule has 1 aromatic heterocycles. The Hall–Kier alpha value is -0.720. The molecule has 0 amide bonds. The summed E-state index contributed by atoms with van der Waals surface area (Å²) in [4.78, 5) is 12.3. The molecule has 0 spiro atoms. The number of nitrogens with zero attached hydrogens (tertiary/aromatic N) is 2. The summed E-state index contributed by atoms with van der Waals surface area (Å²) in [5.74, 6) is 0.0238. The van der Waals surface area contributed by atoms with Gasteiger partial charge in [0.05, 0.1) is 23.8 Å². The van der Waals surface area contributed by atoms with Gasteiger partial charge in [0.25, 0.3) is 0 Å². The fourth-order valence-electron chi connectivity index (χ4n) is 1.64. The predicted octanol–water partition coefficient (Wildman–Crippen LogP) is 1.72. The molecule has 6 heteroatoms. The van der Waals surface area contributed by atoms with Crippen LogP contribution >= 0.6 is 15.9 Å². The van der Waals surface area contributed by atoms with Crippen LogP contribution < -0.4 is 5.32 Å². The average Bonchev–Trinajstić information content (AvgIpc) is 2.73. The molecule has 0 fully saturated rings. The monoisotopic (exact) mass is 317 g/mol. The molecule has 102 valence electrons. The van der Waals surface area contributed by atoms with E-state index in [0.29, 0.717) is 25.4 Å². The van der Waals surface area contributed by atoms with Crippen molar-refractivity contribution in [2.24, 2.45) is 5.92 Å². The number of hydrogen-bond acceptors (Lipinski definition) is 4. The van der Waals surface area contributed by atoms with Gasteiger partial charge in [-0.15, -0.1) is 0 Å². The smallest absolute Gasteiger partial charge is 0.186 e. The van der Waals surface area contributed by atoms with E-state index in [9.17, 15) is 4.79 Å². The quantitative estimate of drug-likeness (QED) is 0.742. The zero-order valence-corrected chi connectivity index (χ0v) is 12.7. The lowest BCUT2D eigenvalue weighted by atomic mass is 10.0. The summed E-state index contributed by atoms with van der Waals surface area (Å²) in [6, 6.07) is 0. The minimum absolute atomic E-state index is 0.0701. The van der Waals surface area contributed by atoms with Gasteiger partial charge in [0, 0.05) is 19.6 Å². The molecular formula is C12H20BrN3O2. The van der Waals surface area contributed by atoms with E-state index in [1.165, 1.54) is 0 Å². The molecule has 0 radical (unpaired) electrons. The number of rotatable bonds is 8. The summed E-state index contributed by atoms with van der Waals surface area (Å²) >= 11 is 3.38. The van der Waals surface area contributed by atoms with E-state index >= 15 is 0 Å². The number of carbonyl (C=O) groups excluding carboxylic acids is 1. The van der Waals surface area contributed by atoms with Crippen LogP contribution in [0.4, 0.5) is 0 Å². The number of nitrogens with one attached hydrogen (secondary N) is 1. The van der Waals surface area contributed by atoms with Gasteiger partial charge < -0.3 is 10.1 Å². The lowest BCUT2D eigenvalue weighted by molar-refractivity contribution is 0.0914. The molecule has 0 aliphatic rings. The number of hydrogen-bond donors (Lipinski definition) is 1. The van der Waals surface area contributed by atoms with E-state index in [1.54, 1.807) is 18.0 Å². The second kappa shape index (κ2) is 7.66. The molecule has 1 heterocycles. The number of Topliss-reactive ketones (excluding diaryl/α,β-unsaturated/α-hetero) is 1. The van der Waals surface area contributed by atoms with Crippen molar-refractivity contribution in [3.8, 4) is 0 Å². The van der Waals surface area contributed by atoms with Gasteiger partial charge in [-0.1, -0.05) is 13.8 Å². The van der Waals surface area contributed by atoms with E-state index in [1.807, 2.05) is 13.8 Å². The van der Waals surface area contributed by atoms with E-state index in [-0.39, 0.29) is 11.7 Å². The lowest BCUT2D eigenvalue weighted by Crippen LogP contribution is -2.28. The van der Waals surface area contributed by atoms with Crippen molar-refractivity contribution in [2.75, 3.05) is 26.8 Å². The van der Waals surface area contributed by atoms with Crippen LogP contribution in [-0.4, -0.2) is 42.4 Å². The number of ether oxygens (including phenoxy) is 1. The van der Waals surface area contributed by atoms with Crippen molar-refractivity contribution in [2.45, 2.75) is 20.4 Å². The number of methoxy groups -OCH3 is 1. The summed E-state index contributed by atoms with van der Waals surface area (Å²) in [7, 11) is 1.63. The van der Waals surface area contributed by atoms with Crippen molar-refractivity contribution in [3.63, 3.8) is 0 Å². The van der Waals surface area contributed by atoms with Gasteiger partial charge in [0.1, 0.15) is 5.69 Å². The number of carbonyl (C=O) groups is 1. The lowest BCUT2D eigenvalue weighted by Gasteiger charge is -2.12. The maximum Gasteiger partial charge on any atom is 0.186 e. The van der Waals surface area contributed by atoms with Crippen molar-refractivity contribution >= 4 is 21.7 Å². The number of halogens is 1. The molecule has 0 saturated carbocycles. The zero-order valence-electron chi connectivity index (χ0n) is 11.1. The van der Waals surface area contributed by atoms with Crippen LogP contribution in [0.15, 0.2) is 10.7 Å². The standard InChI is InChI=1S/C12H20BrN3O2/c1-4-14-7-9(2)12(17)11-10(13)8-15-16(11)5-6-18-3/h8-9,14H,4-7H2,1-3H3. The summed E-state index contributed by atoms with van der Waals surface area (Å²) < 4.78 is 7.45. The maximum absolute atomic E-state index is 12.3. The van der Waals surface area contributed by atoms with Gasteiger partial charge in [-0.3, -0.25) is 9.48 Å². The van der Waals surface area contributed by atoms with Gasteiger partial charge in [-0.25, -0.2) is 0 Å². The molecule has 5 nitrogen and oxygen atoms in total. The Labute approximate surface area is 116 Å². The normalized spacial score (nSPS) is 12.7. The highest BCUT2D eigenvalue weighted by molar-refractivity contribution is 9.10. The molecule has 1 atom stereocenters. The van der Waals surface area contributed by atoms with Gasteiger partial charge in [0.15, 0.2) is 5.78 Å². The fraction of sp³-hybridized carbons (Fsp3) is 0.667. The van der Waals surface area contributed by atoms with Crippen LogP contribution in [0.5, 0.6) is 0 Å². The molecule has 18 heavy (non-hydrogen) atoms. The van der Waals surface area contributed by atoms with Crippen LogP contribution in [0, 0.1) is 5.92 Å². The van der Waals surface area contributed by atoms with Crippen molar-refractivity contribution in [3.05, 3.63) is 16.4 Å². The Morgan fingerprint density at radius 2 is 2.39 bits per heavy atom. The van der Waals surface area contributed by atoms with Crippen molar-refractivity contribution in [1.29, 1.82) is 0 Å². The molecule has 1 N–H and O–H groups in total. The third-order valence-corrected chi connectivity index (χ3v) is 3.26. The van der Waals surface area contributed by atoms with Gasteiger partial charge in [0.2, 0.25) is 0 Å². The van der Waals surface area contributed by atoms with Gasteiger partial charge in [-0.05, 0) is 22.5 Å². The molecule has 1 rings (SSSR count). The van der Waals surface area contributed by atoms with Gasteiger partial charge in [-0.2, -0.15) is 5.10 Å². The maximum atomic E-state index is 12.3. The van der Waals surface area contributed by atoms with Crippen LogP contribution in [-0.2, 0) is 11.3 Å². The summed E-state index contributed by atoms with van der Waals surface area (Å²) in [5, 5.41) is 7.37. The van der Waals surface area contributed by atoms with E-state index < -0.39 is 0 Å². The fourth-order valence-corrected chi connectivity index (χ4v) is 2.13. The van der Waals surface area contributed by atoms with Crippen LogP contribution in [0.1, 0.15) is 24.3 Å². The molecule has 0 aromatic carbocycles. The third kappa shape index (κ3) is 3.90. The first-order valence-corrected chi connectivity index (χ1v) is 6.86. The first-order chi connectivity index (χ1) is 8.61. The SMILES string of the molecule is CCNCC(C)C(=O)c1c(Br)cnn1CCOC. The van der Waals surface area contributed by atoms with Crippen molar-refractivity contribution in [1.82, 2.24) is 15.1 Å². The minimum atomic E-state index is -0.0701. The first kappa shape index (κ1) is 15.3. The highest BCUT2D eigenvalue weighted by Crippen LogP contribution is 2.19. The largest absolute Gasteiger partial charge is 0.383 e. The Kier molecular flexibility index (Phi) is 6.52. The molecular weight excluding hydrogens is 298 g/mol. The third-order valence-electron chi connectivity index (χ3n) is 2.68. The van der Waals surface area contributed by atoms with E-state index in [2.05, 4.69) is 26.3 Å².